The van der Waals surface area contributed by atoms with Gasteiger partial charge < -0.3 is 9.47 Å². The molecule has 4 rings (SSSR count). The maximum Gasteiger partial charge on any atom is 0.421 e. The van der Waals surface area contributed by atoms with Gasteiger partial charge in [-0.2, -0.15) is 0 Å². The molecule has 2 saturated carbocycles. The van der Waals surface area contributed by atoms with E-state index in [0.29, 0.717) is 6.10 Å². The average molecular weight is 339 g/mol. The molecule has 0 aliphatic heterocycles. The molecule has 5 nitrogen and oxygen atoms in total. The lowest BCUT2D eigenvalue weighted by Gasteiger charge is -2.23. The summed E-state index contributed by atoms with van der Waals surface area (Å²) in [5.41, 5.74) is 0.458. The third kappa shape index (κ3) is 3.45. The first-order chi connectivity index (χ1) is 12.2. The Morgan fingerprint density at radius 1 is 1.08 bits per heavy atom. The van der Waals surface area contributed by atoms with Gasteiger partial charge in [0.2, 0.25) is 0 Å². The van der Waals surface area contributed by atoms with E-state index in [0.717, 1.165) is 27.7 Å². The molecular formula is C20H21NO4. The van der Waals surface area contributed by atoms with Crippen LogP contribution in [0.3, 0.4) is 0 Å². The largest absolute Gasteiger partial charge is 0.490 e. The molecule has 2 aliphatic rings. The quantitative estimate of drug-likeness (QED) is 0.854. The highest BCUT2D eigenvalue weighted by molar-refractivity contribution is 5.70. The number of carbonyl (C=O) groups excluding carboxylic acids is 1. The first-order valence-electron chi connectivity index (χ1n) is 8.79. The van der Waals surface area contributed by atoms with Gasteiger partial charge >= 0.3 is 6.09 Å². The third-order valence-corrected chi connectivity index (χ3v) is 5.27. The molecule has 25 heavy (non-hydrogen) atoms. The minimum Gasteiger partial charge on any atom is -0.490 e. The van der Waals surface area contributed by atoms with Crippen molar-refractivity contribution in [3.63, 3.8) is 0 Å². The number of carbonyl (C=O) groups is 1. The van der Waals surface area contributed by atoms with Crippen molar-refractivity contribution in [2.45, 2.75) is 38.4 Å². The van der Waals surface area contributed by atoms with Crippen LogP contribution in [-0.4, -0.2) is 16.8 Å². The Bertz CT molecular complexity index is 811. The van der Waals surface area contributed by atoms with E-state index < -0.39 is 11.7 Å². The van der Waals surface area contributed by atoms with Gasteiger partial charge in [0.15, 0.2) is 0 Å². The molecule has 130 valence electrons. The Balaban J connectivity index is 1.32. The van der Waals surface area contributed by atoms with Gasteiger partial charge in [0.1, 0.15) is 18.5 Å². The fraction of sp³-hybridized carbons (Fsp3) is 0.400. The number of nitrogens with zero attached hydrogens (tertiary/aromatic N) is 1. The summed E-state index contributed by atoms with van der Waals surface area (Å²) in [5, 5.41) is 0. The van der Waals surface area contributed by atoms with E-state index in [1.54, 1.807) is 12.1 Å². The second-order valence-corrected chi connectivity index (χ2v) is 6.94. The molecule has 2 aromatic rings. The average Bonchev–Trinajstić information content (AvgIpc) is 3.24. The van der Waals surface area contributed by atoms with Gasteiger partial charge in [0.25, 0.3) is 5.56 Å². The SMILES string of the molecule is O=C(OCc1ccc(O[C@@H]2C[C@H]3CC[C@@H]2C3)cc1)n1ccccc1=O. The van der Waals surface area contributed by atoms with Crippen molar-refractivity contribution >= 4 is 6.09 Å². The Morgan fingerprint density at radius 3 is 2.60 bits per heavy atom. The molecule has 0 radical (unpaired) electrons. The zero-order valence-corrected chi connectivity index (χ0v) is 14.0. The molecule has 0 N–H and O–H groups in total. The normalized spacial score (nSPS) is 24.2. The topological polar surface area (TPSA) is 57.5 Å². The van der Waals surface area contributed by atoms with Crippen molar-refractivity contribution in [1.29, 1.82) is 0 Å². The minimum absolute atomic E-state index is 0.120. The summed E-state index contributed by atoms with van der Waals surface area (Å²) in [6, 6.07) is 12.1. The smallest absolute Gasteiger partial charge is 0.421 e. The highest BCUT2D eigenvalue weighted by Gasteiger charge is 2.40. The number of rotatable bonds is 4. The fourth-order valence-electron chi connectivity index (χ4n) is 3.96. The molecule has 0 amide bonds. The summed E-state index contributed by atoms with van der Waals surface area (Å²) in [7, 11) is 0. The van der Waals surface area contributed by atoms with Crippen LogP contribution in [0.1, 0.15) is 31.2 Å². The molecule has 5 heteroatoms. The summed E-state index contributed by atoms with van der Waals surface area (Å²) >= 11 is 0. The number of hydrogen-bond acceptors (Lipinski definition) is 4. The standard InChI is InChI=1S/C20H21NO4/c22-19-3-1-2-10-21(19)20(23)24-13-14-5-8-17(9-6-14)25-18-12-15-4-7-16(18)11-15/h1-3,5-6,8-10,15-16,18H,4,7,11-13H2/t15-,16+,18+/m0/s1. The Morgan fingerprint density at radius 2 is 1.92 bits per heavy atom. The zero-order chi connectivity index (χ0) is 17.2. The van der Waals surface area contributed by atoms with Gasteiger partial charge in [-0.25, -0.2) is 9.36 Å². The van der Waals surface area contributed by atoms with Gasteiger partial charge in [-0.15, -0.1) is 0 Å². The van der Waals surface area contributed by atoms with E-state index in [4.69, 9.17) is 9.47 Å². The number of hydrogen-bond donors (Lipinski definition) is 0. The van der Waals surface area contributed by atoms with Crippen molar-refractivity contribution in [1.82, 2.24) is 4.57 Å². The summed E-state index contributed by atoms with van der Waals surface area (Å²) in [6.45, 7) is 0.120. The van der Waals surface area contributed by atoms with Crippen LogP contribution in [0, 0.1) is 11.8 Å². The van der Waals surface area contributed by atoms with E-state index >= 15 is 0 Å². The van der Waals surface area contributed by atoms with Crippen LogP contribution in [-0.2, 0) is 11.3 Å². The highest BCUT2D eigenvalue weighted by atomic mass is 16.5. The minimum atomic E-state index is -0.673. The maximum atomic E-state index is 11.9. The van der Waals surface area contributed by atoms with Crippen molar-refractivity contribution in [2.75, 3.05) is 0 Å². The number of pyridine rings is 1. The first kappa shape index (κ1) is 15.9. The van der Waals surface area contributed by atoms with E-state index in [2.05, 4.69) is 0 Å². The first-order valence-corrected chi connectivity index (χ1v) is 8.79. The van der Waals surface area contributed by atoms with Crippen molar-refractivity contribution in [3.8, 4) is 5.75 Å². The Hall–Kier alpha value is -2.56. The van der Waals surface area contributed by atoms with Crippen molar-refractivity contribution in [2.24, 2.45) is 11.8 Å². The van der Waals surface area contributed by atoms with Gasteiger partial charge in [0.05, 0.1) is 0 Å². The summed E-state index contributed by atoms with van der Waals surface area (Å²) in [4.78, 5) is 23.5. The lowest BCUT2D eigenvalue weighted by Crippen LogP contribution is -2.26. The van der Waals surface area contributed by atoms with Crippen LogP contribution in [0.4, 0.5) is 4.79 Å². The highest BCUT2D eigenvalue weighted by Crippen LogP contribution is 2.45. The number of fused-ring (bicyclic) bond motifs is 2. The van der Waals surface area contributed by atoms with Gasteiger partial charge in [-0.05, 0) is 61.3 Å². The molecular weight excluding hydrogens is 318 g/mol. The van der Waals surface area contributed by atoms with Crippen LogP contribution in [0.2, 0.25) is 0 Å². The molecule has 2 fully saturated rings. The molecule has 2 bridgehead atoms. The molecule has 0 saturated heterocycles. The van der Waals surface area contributed by atoms with Crippen molar-refractivity contribution < 1.29 is 14.3 Å². The molecule has 0 spiro atoms. The summed E-state index contributed by atoms with van der Waals surface area (Å²) < 4.78 is 12.3. The molecule has 0 unspecified atom stereocenters. The predicted molar refractivity (Wildman–Crippen MR) is 92.6 cm³/mol. The van der Waals surface area contributed by atoms with E-state index in [1.165, 1.54) is 37.9 Å². The number of benzene rings is 1. The van der Waals surface area contributed by atoms with Crippen LogP contribution >= 0.6 is 0 Å². The van der Waals surface area contributed by atoms with Crippen LogP contribution < -0.4 is 10.3 Å². The zero-order valence-electron chi connectivity index (χ0n) is 14.0. The van der Waals surface area contributed by atoms with E-state index in [9.17, 15) is 9.59 Å². The molecule has 2 aliphatic carbocycles. The summed E-state index contributed by atoms with van der Waals surface area (Å²) in [6.07, 6.45) is 6.23. The number of ether oxygens (including phenoxy) is 2. The Labute approximate surface area is 146 Å². The second-order valence-electron chi connectivity index (χ2n) is 6.94. The second kappa shape index (κ2) is 6.75. The van der Waals surface area contributed by atoms with Gasteiger partial charge in [-0.1, -0.05) is 18.2 Å². The molecule has 1 heterocycles. The van der Waals surface area contributed by atoms with Crippen LogP contribution in [0.25, 0.3) is 0 Å². The maximum absolute atomic E-state index is 11.9. The molecule has 1 aromatic heterocycles. The molecule has 3 atom stereocenters. The van der Waals surface area contributed by atoms with E-state index in [-0.39, 0.29) is 6.61 Å². The lowest BCUT2D eigenvalue weighted by molar-refractivity contribution is 0.137. The summed E-state index contributed by atoms with van der Waals surface area (Å²) in [5.74, 6) is 2.44. The Kier molecular flexibility index (Phi) is 4.30. The third-order valence-electron chi connectivity index (χ3n) is 5.27. The fourth-order valence-corrected chi connectivity index (χ4v) is 3.96. The lowest BCUT2D eigenvalue weighted by atomic mass is 9.98. The van der Waals surface area contributed by atoms with Gasteiger partial charge in [-0.3, -0.25) is 4.79 Å². The van der Waals surface area contributed by atoms with Gasteiger partial charge in [0, 0.05) is 12.3 Å². The predicted octanol–water partition coefficient (Wildman–Crippen LogP) is 3.60. The molecule has 1 aromatic carbocycles. The van der Waals surface area contributed by atoms with Crippen LogP contribution in [0.15, 0.2) is 53.5 Å². The van der Waals surface area contributed by atoms with E-state index in [1.807, 2.05) is 24.3 Å². The number of aromatic nitrogens is 1. The van der Waals surface area contributed by atoms with Crippen LogP contribution in [0.5, 0.6) is 5.75 Å². The monoisotopic (exact) mass is 339 g/mol. The van der Waals surface area contributed by atoms with Crippen molar-refractivity contribution in [3.05, 3.63) is 64.6 Å².